The van der Waals surface area contributed by atoms with E-state index >= 15 is 0 Å². The molecule has 0 aromatic heterocycles. The Morgan fingerprint density at radius 1 is 1.75 bits per heavy atom. The van der Waals surface area contributed by atoms with Gasteiger partial charge in [0.25, 0.3) is 0 Å². The van der Waals surface area contributed by atoms with Crippen LogP contribution in [0.1, 0.15) is 6.92 Å². The van der Waals surface area contributed by atoms with Crippen LogP contribution in [0.5, 0.6) is 0 Å². The smallest absolute Gasteiger partial charge is 0.219 e. The van der Waals surface area contributed by atoms with Crippen LogP contribution in [-0.2, 0) is 14.3 Å². The molecular formula is C8H15NO3. The Bertz CT molecular complexity index is 158. The second-order valence-electron chi connectivity index (χ2n) is 2.91. The maximum absolute atomic E-state index is 11.0. The first-order valence-electron chi connectivity index (χ1n) is 4.10. The molecule has 1 atom stereocenters. The van der Waals surface area contributed by atoms with Crippen molar-refractivity contribution < 1.29 is 14.3 Å². The highest BCUT2D eigenvalue weighted by Crippen LogP contribution is 2.05. The quantitative estimate of drug-likeness (QED) is 0.584. The van der Waals surface area contributed by atoms with Crippen LogP contribution in [0.25, 0.3) is 0 Å². The minimum Gasteiger partial charge on any atom is -0.382 e. The average molecular weight is 173 g/mol. The number of methoxy groups -OCH3 is 1. The zero-order valence-electron chi connectivity index (χ0n) is 7.58. The average Bonchev–Trinajstić information content (AvgIpc) is 2.05. The molecule has 0 saturated carbocycles. The van der Waals surface area contributed by atoms with E-state index in [1.165, 1.54) is 0 Å². The molecule has 0 unspecified atom stereocenters. The van der Waals surface area contributed by atoms with Crippen LogP contribution in [0.4, 0.5) is 0 Å². The van der Waals surface area contributed by atoms with Gasteiger partial charge < -0.3 is 14.4 Å². The molecule has 0 spiro atoms. The molecular weight excluding hydrogens is 158 g/mol. The molecule has 12 heavy (non-hydrogen) atoms. The Kier molecular flexibility index (Phi) is 3.49. The molecule has 1 aliphatic heterocycles. The van der Waals surface area contributed by atoms with Gasteiger partial charge in [0.05, 0.1) is 19.3 Å². The number of hydrogen-bond acceptors (Lipinski definition) is 3. The highest BCUT2D eigenvalue weighted by atomic mass is 16.5. The third-order valence-corrected chi connectivity index (χ3v) is 1.94. The van der Waals surface area contributed by atoms with Crippen LogP contribution < -0.4 is 0 Å². The Morgan fingerprint density at radius 3 is 3.08 bits per heavy atom. The van der Waals surface area contributed by atoms with E-state index in [2.05, 4.69) is 0 Å². The Labute approximate surface area is 72.4 Å². The first kappa shape index (κ1) is 9.48. The molecule has 0 radical (unpaired) electrons. The van der Waals surface area contributed by atoms with E-state index in [0.717, 1.165) is 0 Å². The highest BCUT2D eigenvalue weighted by Gasteiger charge is 2.21. The lowest BCUT2D eigenvalue weighted by molar-refractivity contribution is -0.138. The molecule has 4 nitrogen and oxygen atoms in total. The molecule has 4 heteroatoms. The molecule has 0 aromatic carbocycles. The molecule has 1 amide bonds. The van der Waals surface area contributed by atoms with E-state index in [0.29, 0.717) is 26.3 Å². The lowest BCUT2D eigenvalue weighted by Crippen LogP contribution is -2.46. The largest absolute Gasteiger partial charge is 0.382 e. The van der Waals surface area contributed by atoms with E-state index in [4.69, 9.17) is 9.47 Å². The molecule has 0 N–H and O–H groups in total. The van der Waals surface area contributed by atoms with Crippen molar-refractivity contribution in [3.05, 3.63) is 0 Å². The molecule has 0 aliphatic carbocycles. The summed E-state index contributed by atoms with van der Waals surface area (Å²) in [5.41, 5.74) is 0. The van der Waals surface area contributed by atoms with Crippen molar-refractivity contribution in [1.82, 2.24) is 4.90 Å². The predicted molar refractivity (Wildman–Crippen MR) is 43.9 cm³/mol. The van der Waals surface area contributed by atoms with Gasteiger partial charge in [-0.3, -0.25) is 4.79 Å². The number of ether oxygens (including phenoxy) is 2. The van der Waals surface area contributed by atoms with Crippen LogP contribution in [0.2, 0.25) is 0 Å². The third-order valence-electron chi connectivity index (χ3n) is 1.94. The lowest BCUT2D eigenvalue weighted by Gasteiger charge is -2.31. The van der Waals surface area contributed by atoms with Crippen molar-refractivity contribution >= 4 is 5.91 Å². The van der Waals surface area contributed by atoms with Crippen molar-refractivity contribution in [1.29, 1.82) is 0 Å². The van der Waals surface area contributed by atoms with E-state index in [9.17, 15) is 4.79 Å². The second kappa shape index (κ2) is 4.42. The zero-order valence-corrected chi connectivity index (χ0v) is 7.58. The van der Waals surface area contributed by atoms with Crippen LogP contribution in [-0.4, -0.2) is 50.3 Å². The van der Waals surface area contributed by atoms with Crippen LogP contribution >= 0.6 is 0 Å². The summed E-state index contributed by atoms with van der Waals surface area (Å²) in [6.07, 6.45) is 0.0487. The van der Waals surface area contributed by atoms with E-state index < -0.39 is 0 Å². The van der Waals surface area contributed by atoms with Crippen molar-refractivity contribution in [2.45, 2.75) is 13.0 Å². The van der Waals surface area contributed by atoms with Crippen LogP contribution in [0, 0.1) is 0 Å². The molecule has 1 fully saturated rings. The van der Waals surface area contributed by atoms with Crippen molar-refractivity contribution in [3.63, 3.8) is 0 Å². The van der Waals surface area contributed by atoms with Gasteiger partial charge in [0.15, 0.2) is 0 Å². The van der Waals surface area contributed by atoms with Crippen LogP contribution in [0.3, 0.4) is 0 Å². The summed E-state index contributed by atoms with van der Waals surface area (Å²) in [7, 11) is 1.63. The summed E-state index contributed by atoms with van der Waals surface area (Å²) in [5.74, 6) is 0.111. The molecule has 1 aliphatic rings. The minimum absolute atomic E-state index is 0.0487. The molecule has 1 heterocycles. The van der Waals surface area contributed by atoms with Crippen molar-refractivity contribution in [3.8, 4) is 0 Å². The standard InChI is InChI=1S/C8H15NO3/c1-7(10)9-3-4-12-8(5-9)6-11-2/h8H,3-6H2,1-2H3/t8-/m1/s1. The predicted octanol–water partition coefficient (Wildman–Crippen LogP) is -0.120. The van der Waals surface area contributed by atoms with Gasteiger partial charge in [-0.1, -0.05) is 0 Å². The number of amides is 1. The van der Waals surface area contributed by atoms with E-state index in [-0.39, 0.29) is 12.0 Å². The number of carbonyl (C=O) groups excluding carboxylic acids is 1. The second-order valence-corrected chi connectivity index (χ2v) is 2.91. The Balaban J connectivity index is 2.35. The lowest BCUT2D eigenvalue weighted by atomic mass is 10.3. The summed E-state index contributed by atoms with van der Waals surface area (Å²) in [4.78, 5) is 12.8. The van der Waals surface area contributed by atoms with E-state index in [1.807, 2.05) is 0 Å². The van der Waals surface area contributed by atoms with Gasteiger partial charge in [-0.05, 0) is 0 Å². The fourth-order valence-corrected chi connectivity index (χ4v) is 1.29. The molecule has 70 valence electrons. The van der Waals surface area contributed by atoms with Gasteiger partial charge in [-0.2, -0.15) is 0 Å². The highest BCUT2D eigenvalue weighted by molar-refractivity contribution is 5.73. The Hall–Kier alpha value is -0.610. The van der Waals surface area contributed by atoms with Crippen LogP contribution in [0.15, 0.2) is 0 Å². The molecule has 0 aromatic rings. The Morgan fingerprint density at radius 2 is 2.50 bits per heavy atom. The minimum atomic E-state index is 0.0487. The van der Waals surface area contributed by atoms with Gasteiger partial charge in [-0.15, -0.1) is 0 Å². The van der Waals surface area contributed by atoms with Gasteiger partial charge in [0.2, 0.25) is 5.91 Å². The van der Waals surface area contributed by atoms with Gasteiger partial charge in [0, 0.05) is 27.1 Å². The summed E-state index contributed by atoms with van der Waals surface area (Å²) in [6, 6.07) is 0. The van der Waals surface area contributed by atoms with Crippen molar-refractivity contribution in [2.75, 3.05) is 33.4 Å². The van der Waals surface area contributed by atoms with Gasteiger partial charge >= 0.3 is 0 Å². The molecule has 1 rings (SSSR count). The van der Waals surface area contributed by atoms with Gasteiger partial charge in [-0.25, -0.2) is 0 Å². The molecule has 1 saturated heterocycles. The summed E-state index contributed by atoms with van der Waals surface area (Å²) in [5, 5.41) is 0. The first-order valence-corrected chi connectivity index (χ1v) is 4.10. The summed E-state index contributed by atoms with van der Waals surface area (Å²) < 4.78 is 10.3. The van der Waals surface area contributed by atoms with Crippen molar-refractivity contribution in [2.24, 2.45) is 0 Å². The number of morpholine rings is 1. The number of nitrogens with zero attached hydrogens (tertiary/aromatic N) is 1. The SMILES string of the molecule is COC[C@H]1CN(C(C)=O)CCO1. The van der Waals surface area contributed by atoms with Gasteiger partial charge in [0.1, 0.15) is 0 Å². The monoisotopic (exact) mass is 173 g/mol. The summed E-state index contributed by atoms with van der Waals surface area (Å²) >= 11 is 0. The van der Waals surface area contributed by atoms with E-state index in [1.54, 1.807) is 18.9 Å². The number of carbonyl (C=O) groups is 1. The topological polar surface area (TPSA) is 38.8 Å². The maximum Gasteiger partial charge on any atom is 0.219 e. The number of hydrogen-bond donors (Lipinski definition) is 0. The molecule has 0 bridgehead atoms. The maximum atomic E-state index is 11.0. The fourth-order valence-electron chi connectivity index (χ4n) is 1.29. The first-order chi connectivity index (χ1) is 5.74. The normalized spacial score (nSPS) is 24.2. The summed E-state index contributed by atoms with van der Waals surface area (Å²) in [6.45, 7) is 4.12. The zero-order chi connectivity index (χ0) is 8.97. The third kappa shape index (κ3) is 2.46. The fraction of sp³-hybridized carbons (Fsp3) is 0.875. The number of rotatable bonds is 2.